The molecule has 0 saturated carbocycles. The van der Waals surface area contributed by atoms with Gasteiger partial charge in [0.05, 0.1) is 27.9 Å². The number of aryl methyl sites for hydroxylation is 1. The van der Waals surface area contributed by atoms with Gasteiger partial charge in [-0.3, -0.25) is 33.7 Å². The zero-order valence-corrected chi connectivity index (χ0v) is 30.3. The number of pyridine rings is 1. The maximum atomic E-state index is 13.4. The molecule has 3 aromatic heterocycles. The Morgan fingerprint density at radius 3 is 2.50 bits per heavy atom. The molecular formula is C38H43N9O4S. The van der Waals surface area contributed by atoms with Crippen molar-refractivity contribution in [1.29, 1.82) is 0 Å². The van der Waals surface area contributed by atoms with Gasteiger partial charge in [0.15, 0.2) is 0 Å². The van der Waals surface area contributed by atoms with Crippen LogP contribution in [-0.2, 0) is 16.6 Å². The fourth-order valence-corrected chi connectivity index (χ4v) is 9.77. The van der Waals surface area contributed by atoms with Gasteiger partial charge in [-0.05, 0) is 68.5 Å². The number of nitrogens with zero attached hydrogens (tertiary/aromatic N) is 6. The molecule has 52 heavy (non-hydrogen) atoms. The van der Waals surface area contributed by atoms with Crippen molar-refractivity contribution >= 4 is 78.3 Å². The fourth-order valence-electron chi connectivity index (χ4n) is 8.67. The molecule has 9 rings (SSSR count). The predicted octanol–water partition coefficient (Wildman–Crippen LogP) is 3.66. The summed E-state index contributed by atoms with van der Waals surface area (Å²) in [5.41, 5.74) is 4.22. The molecule has 0 spiro atoms. The first-order valence-corrected chi connectivity index (χ1v) is 19.2. The zero-order chi connectivity index (χ0) is 35.7. The molecular weight excluding hydrogens is 679 g/mol. The van der Waals surface area contributed by atoms with Crippen molar-refractivity contribution in [3.8, 4) is 0 Å². The van der Waals surface area contributed by atoms with E-state index in [0.717, 1.165) is 113 Å². The fraction of sp³-hybridized carbons (Fsp3) is 0.447. The van der Waals surface area contributed by atoms with Crippen molar-refractivity contribution in [3.63, 3.8) is 0 Å². The normalized spacial score (nSPS) is 22.1. The molecule has 0 radical (unpaired) electrons. The smallest absolute Gasteiger partial charge is 0.329 e. The quantitative estimate of drug-likeness (QED) is 0.233. The summed E-state index contributed by atoms with van der Waals surface area (Å²) < 4.78 is 4.31. The largest absolute Gasteiger partial charge is 0.381 e. The van der Waals surface area contributed by atoms with Crippen molar-refractivity contribution in [1.82, 2.24) is 29.7 Å². The number of aromatic nitrogens is 3. The van der Waals surface area contributed by atoms with Crippen molar-refractivity contribution < 1.29 is 14.4 Å². The molecule has 2 aromatic carbocycles. The maximum absolute atomic E-state index is 13.4. The number of hydrogen-bond acceptors (Lipinski definition) is 10. The summed E-state index contributed by atoms with van der Waals surface area (Å²) in [6.07, 6.45) is 2.69. The number of piperidine rings is 2. The van der Waals surface area contributed by atoms with E-state index in [1.165, 1.54) is 11.3 Å². The van der Waals surface area contributed by atoms with E-state index >= 15 is 0 Å². The van der Waals surface area contributed by atoms with Gasteiger partial charge in [-0.25, -0.2) is 9.78 Å². The van der Waals surface area contributed by atoms with E-state index in [0.29, 0.717) is 18.9 Å². The van der Waals surface area contributed by atoms with Gasteiger partial charge in [0.1, 0.15) is 16.7 Å². The third-order valence-electron chi connectivity index (χ3n) is 11.4. The van der Waals surface area contributed by atoms with Crippen LogP contribution < -0.4 is 31.4 Å². The van der Waals surface area contributed by atoms with Crippen LogP contribution in [0, 0.1) is 5.92 Å². The van der Waals surface area contributed by atoms with Gasteiger partial charge in [-0.1, -0.05) is 6.07 Å². The summed E-state index contributed by atoms with van der Waals surface area (Å²) in [7, 11) is 1.77. The number of fused-ring (bicyclic) bond motifs is 6. The van der Waals surface area contributed by atoms with Gasteiger partial charge >= 0.3 is 5.69 Å². The van der Waals surface area contributed by atoms with Crippen LogP contribution in [-0.4, -0.2) is 95.1 Å². The number of carbonyl (C=O) groups excluding carboxylic acids is 3. The van der Waals surface area contributed by atoms with Crippen molar-refractivity contribution in [2.75, 3.05) is 67.5 Å². The summed E-state index contributed by atoms with van der Waals surface area (Å²) >= 11 is 1.54. The lowest BCUT2D eigenvalue weighted by Gasteiger charge is -2.40. The highest BCUT2D eigenvalue weighted by Gasteiger charge is 2.33. The minimum atomic E-state index is -0.688. The minimum Gasteiger partial charge on any atom is -0.381 e. The Kier molecular flexibility index (Phi) is 8.18. The van der Waals surface area contributed by atoms with E-state index in [2.05, 4.69) is 61.0 Å². The number of amides is 3. The highest BCUT2D eigenvalue weighted by Crippen LogP contribution is 2.41. The average molecular weight is 722 g/mol. The van der Waals surface area contributed by atoms with E-state index < -0.39 is 11.9 Å². The Labute approximate surface area is 304 Å². The number of imide groups is 1. The second-order valence-electron chi connectivity index (χ2n) is 14.8. The van der Waals surface area contributed by atoms with Crippen LogP contribution in [0.15, 0.2) is 47.3 Å². The summed E-state index contributed by atoms with van der Waals surface area (Å²) in [5.74, 6) is 0.876. The number of carbonyl (C=O) groups is 3. The van der Waals surface area contributed by atoms with E-state index in [1.54, 1.807) is 16.2 Å². The van der Waals surface area contributed by atoms with Crippen LogP contribution >= 0.6 is 11.3 Å². The number of anilines is 3. The molecule has 4 aliphatic rings. The lowest BCUT2D eigenvalue weighted by Crippen LogP contribution is -2.49. The molecule has 7 heterocycles. The Hall–Kier alpha value is -4.95. The van der Waals surface area contributed by atoms with Crippen LogP contribution in [0.2, 0.25) is 0 Å². The van der Waals surface area contributed by atoms with Gasteiger partial charge in [-0.15, -0.1) is 11.3 Å². The van der Waals surface area contributed by atoms with Crippen LogP contribution in [0.5, 0.6) is 0 Å². The molecule has 3 fully saturated rings. The number of benzene rings is 2. The molecule has 270 valence electrons. The Morgan fingerprint density at radius 1 is 0.904 bits per heavy atom. The van der Waals surface area contributed by atoms with E-state index in [4.69, 9.17) is 4.98 Å². The first-order chi connectivity index (χ1) is 25.2. The molecule has 2 atom stereocenters. The third kappa shape index (κ3) is 5.59. The first-order valence-electron chi connectivity index (χ1n) is 18.4. The first kappa shape index (κ1) is 32.9. The van der Waals surface area contributed by atoms with Crippen LogP contribution in [0.3, 0.4) is 0 Å². The van der Waals surface area contributed by atoms with Crippen molar-refractivity contribution in [3.05, 3.63) is 57.8 Å². The molecule has 5 aromatic rings. The van der Waals surface area contributed by atoms with E-state index in [9.17, 15) is 19.2 Å². The molecule has 1 unspecified atom stereocenters. The minimum absolute atomic E-state index is 0.0141. The monoisotopic (exact) mass is 721 g/mol. The third-order valence-corrected chi connectivity index (χ3v) is 12.6. The standard InChI is InChI=1S/C38H43N9O4S/c1-22-20-39-33-32-24-6-10-30(41-25(24)7-9-29(32)52-35(33)37(50)40-22)46-18-16-44(17-19-46)21-23-12-14-45(15-13-23)26-4-3-5-27-34(26)43(2)38(51)47(27)28-8-11-31(48)42-36(28)49/h3-7,9-10,22-23,28,39H,8,11-21H2,1-2H3,(H,40,50)(H,42,48,49)/t22-,28?/m1/s1. The number of thiophene rings is 1. The van der Waals surface area contributed by atoms with Gasteiger partial charge in [-0.2, -0.15) is 0 Å². The summed E-state index contributed by atoms with van der Waals surface area (Å²) in [5, 5.41) is 11.1. The van der Waals surface area contributed by atoms with Gasteiger partial charge in [0, 0.05) is 87.3 Å². The highest BCUT2D eigenvalue weighted by atomic mass is 32.1. The van der Waals surface area contributed by atoms with E-state index in [-0.39, 0.29) is 30.0 Å². The van der Waals surface area contributed by atoms with Crippen molar-refractivity contribution in [2.45, 2.75) is 44.7 Å². The van der Waals surface area contributed by atoms with E-state index in [1.807, 2.05) is 19.1 Å². The predicted molar refractivity (Wildman–Crippen MR) is 205 cm³/mol. The molecule has 0 aliphatic carbocycles. The second kappa shape index (κ2) is 12.9. The lowest BCUT2D eigenvalue weighted by atomic mass is 9.95. The van der Waals surface area contributed by atoms with Gasteiger partial charge < -0.3 is 20.4 Å². The summed E-state index contributed by atoms with van der Waals surface area (Å²) in [6, 6.07) is 13.8. The SMILES string of the molecule is C[C@@H]1CNc2c(sc3ccc4nc(N5CCN(CC6CCN(c7cccc8c7n(C)c(=O)n8C7CCC(=O)NC7=O)CC6)CC5)ccc4c23)C(=O)N1. The topological polar surface area (TPSA) is 137 Å². The number of rotatable bonds is 5. The molecule has 3 N–H and O–H groups in total. The van der Waals surface area contributed by atoms with Gasteiger partial charge in [0.25, 0.3) is 5.91 Å². The molecule has 4 aliphatic heterocycles. The van der Waals surface area contributed by atoms with Gasteiger partial charge in [0.2, 0.25) is 11.8 Å². The average Bonchev–Trinajstić information content (AvgIpc) is 3.60. The number of hydrogen-bond donors (Lipinski definition) is 3. The Bertz CT molecular complexity index is 2310. The van der Waals surface area contributed by atoms with Crippen LogP contribution in [0.25, 0.3) is 32.0 Å². The van der Waals surface area contributed by atoms with Crippen molar-refractivity contribution in [2.24, 2.45) is 13.0 Å². The zero-order valence-electron chi connectivity index (χ0n) is 29.5. The Balaban J connectivity index is 0.839. The summed E-state index contributed by atoms with van der Waals surface area (Å²) in [6.45, 7) is 9.41. The second-order valence-corrected chi connectivity index (χ2v) is 15.8. The lowest BCUT2D eigenvalue weighted by molar-refractivity contribution is -0.135. The number of piperazine rings is 1. The van der Waals surface area contributed by atoms with Crippen LogP contribution in [0.4, 0.5) is 17.2 Å². The molecule has 14 heteroatoms. The number of para-hydroxylation sites is 1. The number of imidazole rings is 1. The summed E-state index contributed by atoms with van der Waals surface area (Å²) in [4.78, 5) is 63.9. The Morgan fingerprint density at radius 2 is 1.71 bits per heavy atom. The van der Waals surface area contributed by atoms with Crippen LogP contribution in [0.1, 0.15) is 48.3 Å². The molecule has 0 bridgehead atoms. The molecule has 3 saturated heterocycles. The number of nitrogens with one attached hydrogen (secondary N) is 3. The maximum Gasteiger partial charge on any atom is 0.329 e. The highest BCUT2D eigenvalue weighted by molar-refractivity contribution is 7.21. The molecule has 3 amide bonds. The molecule has 13 nitrogen and oxygen atoms in total.